The highest BCUT2D eigenvalue weighted by atomic mass is 14.3. The van der Waals surface area contributed by atoms with E-state index in [4.69, 9.17) is 0 Å². The molecule has 1 aromatic carbocycles. The monoisotopic (exact) mass is 354 g/mol. The van der Waals surface area contributed by atoms with Gasteiger partial charge in [-0.1, -0.05) is 76.6 Å². The van der Waals surface area contributed by atoms with Crippen LogP contribution in [0.25, 0.3) is 0 Å². The maximum Gasteiger partial charge on any atom is -0.0162 e. The normalized spacial score (nSPS) is 28.7. The SMILES string of the molecule is CCCCCc1ccc(C2CCC(CCC3CC(CCC)C3)CC2)cc1. The third kappa shape index (κ3) is 5.86. The molecular weight excluding hydrogens is 312 g/mol. The van der Waals surface area contributed by atoms with Crippen LogP contribution in [0.15, 0.2) is 24.3 Å². The molecule has 3 rings (SSSR count). The van der Waals surface area contributed by atoms with E-state index in [1.807, 2.05) is 0 Å². The van der Waals surface area contributed by atoms with E-state index in [2.05, 4.69) is 38.1 Å². The molecule has 2 aliphatic rings. The fourth-order valence-corrected chi connectivity index (χ4v) is 5.54. The molecule has 26 heavy (non-hydrogen) atoms. The molecule has 2 aliphatic carbocycles. The zero-order chi connectivity index (χ0) is 18.2. The average molecular weight is 355 g/mol. The molecule has 0 atom stereocenters. The minimum Gasteiger partial charge on any atom is -0.0654 e. The second kappa shape index (κ2) is 10.5. The Kier molecular flexibility index (Phi) is 8.08. The maximum absolute atomic E-state index is 2.44. The Morgan fingerprint density at radius 2 is 1.35 bits per heavy atom. The predicted octanol–water partition coefficient (Wildman–Crippen LogP) is 8.30. The molecule has 0 unspecified atom stereocenters. The first-order valence-corrected chi connectivity index (χ1v) is 11.9. The van der Waals surface area contributed by atoms with E-state index < -0.39 is 0 Å². The fraction of sp³-hybridized carbons (Fsp3) is 0.769. The van der Waals surface area contributed by atoms with Gasteiger partial charge in [0, 0.05) is 0 Å². The van der Waals surface area contributed by atoms with Crippen molar-refractivity contribution in [2.24, 2.45) is 17.8 Å². The van der Waals surface area contributed by atoms with Gasteiger partial charge < -0.3 is 0 Å². The molecule has 0 nitrogen and oxygen atoms in total. The molecule has 0 amide bonds. The van der Waals surface area contributed by atoms with Crippen molar-refractivity contribution in [1.82, 2.24) is 0 Å². The highest BCUT2D eigenvalue weighted by Gasteiger charge is 2.29. The third-order valence-electron chi connectivity index (χ3n) is 7.38. The lowest BCUT2D eigenvalue weighted by Crippen LogP contribution is -2.24. The van der Waals surface area contributed by atoms with Crippen molar-refractivity contribution in [1.29, 1.82) is 0 Å². The summed E-state index contributed by atoms with van der Waals surface area (Å²) in [5, 5.41) is 0. The van der Waals surface area contributed by atoms with Gasteiger partial charge in [0.05, 0.1) is 0 Å². The Morgan fingerprint density at radius 1 is 0.692 bits per heavy atom. The second-order valence-electron chi connectivity index (χ2n) is 9.49. The standard InChI is InChI=1S/C26H42/c1-3-5-6-8-21-11-15-25(16-12-21)26-17-13-22(14-18-26)9-10-24-19-23(20-24)7-4-2/h11-12,15-16,22-24,26H,3-10,13-14,17-20H2,1-2H3. The van der Waals surface area contributed by atoms with E-state index in [1.54, 1.807) is 18.4 Å². The van der Waals surface area contributed by atoms with E-state index in [1.165, 1.54) is 82.6 Å². The molecule has 0 N–H and O–H groups in total. The fourth-order valence-electron chi connectivity index (χ4n) is 5.54. The summed E-state index contributed by atoms with van der Waals surface area (Å²) in [6.45, 7) is 4.63. The van der Waals surface area contributed by atoms with Crippen LogP contribution >= 0.6 is 0 Å². The average Bonchev–Trinajstić information content (AvgIpc) is 2.65. The van der Waals surface area contributed by atoms with Crippen molar-refractivity contribution >= 4 is 0 Å². The molecule has 0 heterocycles. The van der Waals surface area contributed by atoms with Crippen molar-refractivity contribution in [2.75, 3.05) is 0 Å². The van der Waals surface area contributed by atoms with Gasteiger partial charge in [0.25, 0.3) is 0 Å². The molecule has 0 heteroatoms. The van der Waals surface area contributed by atoms with Gasteiger partial charge in [0.2, 0.25) is 0 Å². The quantitative estimate of drug-likeness (QED) is 0.371. The zero-order valence-electron chi connectivity index (χ0n) is 17.5. The third-order valence-corrected chi connectivity index (χ3v) is 7.38. The van der Waals surface area contributed by atoms with Crippen LogP contribution in [0.2, 0.25) is 0 Å². The van der Waals surface area contributed by atoms with Crippen LogP contribution in [-0.4, -0.2) is 0 Å². The molecule has 0 radical (unpaired) electrons. The Bertz CT molecular complexity index is 485. The number of hydrogen-bond donors (Lipinski definition) is 0. The van der Waals surface area contributed by atoms with Gasteiger partial charge in [-0.05, 0) is 86.2 Å². The van der Waals surface area contributed by atoms with Gasteiger partial charge in [-0.15, -0.1) is 0 Å². The van der Waals surface area contributed by atoms with Crippen LogP contribution in [0, 0.1) is 17.8 Å². The van der Waals surface area contributed by atoms with Crippen molar-refractivity contribution < 1.29 is 0 Å². The molecule has 0 aliphatic heterocycles. The van der Waals surface area contributed by atoms with E-state index >= 15 is 0 Å². The molecule has 1 aromatic rings. The molecule has 0 spiro atoms. The number of unbranched alkanes of at least 4 members (excludes halogenated alkanes) is 2. The van der Waals surface area contributed by atoms with Gasteiger partial charge in [-0.3, -0.25) is 0 Å². The Balaban J connectivity index is 1.33. The molecule has 0 bridgehead atoms. The van der Waals surface area contributed by atoms with Crippen molar-refractivity contribution in [2.45, 2.75) is 110 Å². The Morgan fingerprint density at radius 3 is 2.00 bits per heavy atom. The lowest BCUT2D eigenvalue weighted by atomic mass is 9.69. The van der Waals surface area contributed by atoms with E-state index in [9.17, 15) is 0 Å². The van der Waals surface area contributed by atoms with Crippen LogP contribution < -0.4 is 0 Å². The second-order valence-corrected chi connectivity index (χ2v) is 9.49. The van der Waals surface area contributed by atoms with E-state index in [-0.39, 0.29) is 0 Å². The van der Waals surface area contributed by atoms with E-state index in [0.717, 1.165) is 23.7 Å². The highest BCUT2D eigenvalue weighted by molar-refractivity contribution is 5.26. The van der Waals surface area contributed by atoms with Crippen LogP contribution in [0.5, 0.6) is 0 Å². The number of aryl methyl sites for hydroxylation is 1. The summed E-state index contributed by atoms with van der Waals surface area (Å²) < 4.78 is 0. The topological polar surface area (TPSA) is 0 Å². The molecule has 0 aromatic heterocycles. The van der Waals surface area contributed by atoms with Gasteiger partial charge in [-0.25, -0.2) is 0 Å². The first-order valence-electron chi connectivity index (χ1n) is 11.9. The van der Waals surface area contributed by atoms with Gasteiger partial charge >= 0.3 is 0 Å². The molecule has 0 saturated heterocycles. The van der Waals surface area contributed by atoms with Crippen LogP contribution in [0.3, 0.4) is 0 Å². The first-order chi connectivity index (χ1) is 12.8. The first kappa shape index (κ1) is 20.0. The summed E-state index contributed by atoms with van der Waals surface area (Å²) in [6.07, 6.45) is 20.2. The van der Waals surface area contributed by atoms with Gasteiger partial charge in [0.1, 0.15) is 0 Å². The largest absolute Gasteiger partial charge is 0.0654 e. The van der Waals surface area contributed by atoms with E-state index in [0.29, 0.717) is 0 Å². The summed E-state index contributed by atoms with van der Waals surface area (Å²) in [5.41, 5.74) is 3.15. The molecular formula is C26H42. The van der Waals surface area contributed by atoms with Gasteiger partial charge in [-0.2, -0.15) is 0 Å². The van der Waals surface area contributed by atoms with Crippen LogP contribution in [0.4, 0.5) is 0 Å². The zero-order valence-corrected chi connectivity index (χ0v) is 17.5. The number of hydrogen-bond acceptors (Lipinski definition) is 0. The lowest BCUT2D eigenvalue weighted by Gasteiger charge is -2.37. The van der Waals surface area contributed by atoms with Gasteiger partial charge in [0.15, 0.2) is 0 Å². The summed E-state index contributed by atoms with van der Waals surface area (Å²) in [7, 11) is 0. The lowest BCUT2D eigenvalue weighted by molar-refractivity contribution is 0.154. The maximum atomic E-state index is 2.44. The Labute approximate surface area is 163 Å². The summed E-state index contributed by atoms with van der Waals surface area (Å²) in [4.78, 5) is 0. The predicted molar refractivity (Wildman–Crippen MR) is 115 cm³/mol. The highest BCUT2D eigenvalue weighted by Crippen LogP contribution is 2.43. The molecule has 2 saturated carbocycles. The molecule has 2 fully saturated rings. The number of rotatable bonds is 10. The Hall–Kier alpha value is -0.780. The van der Waals surface area contributed by atoms with Crippen molar-refractivity contribution in [3.05, 3.63) is 35.4 Å². The van der Waals surface area contributed by atoms with Crippen molar-refractivity contribution in [3.63, 3.8) is 0 Å². The minimum absolute atomic E-state index is 0.841. The minimum atomic E-state index is 0.841. The summed E-state index contributed by atoms with van der Waals surface area (Å²) >= 11 is 0. The summed E-state index contributed by atoms with van der Waals surface area (Å²) in [5.74, 6) is 4.05. The molecule has 146 valence electrons. The summed E-state index contributed by atoms with van der Waals surface area (Å²) in [6, 6.07) is 9.68. The number of benzene rings is 1. The van der Waals surface area contributed by atoms with Crippen LogP contribution in [-0.2, 0) is 6.42 Å². The van der Waals surface area contributed by atoms with Crippen molar-refractivity contribution in [3.8, 4) is 0 Å². The smallest absolute Gasteiger partial charge is 0.0162 e. The van der Waals surface area contributed by atoms with Crippen LogP contribution in [0.1, 0.15) is 114 Å².